The van der Waals surface area contributed by atoms with Gasteiger partial charge < -0.3 is 10.6 Å². The zero-order chi connectivity index (χ0) is 15.7. The second-order valence-electron chi connectivity index (χ2n) is 4.99. The molecule has 0 aliphatic rings. The maximum absolute atomic E-state index is 12.4. The highest BCUT2D eigenvalue weighted by molar-refractivity contribution is 7.89. The summed E-state index contributed by atoms with van der Waals surface area (Å²) in [6, 6.07) is 7.13. The van der Waals surface area contributed by atoms with Crippen LogP contribution in [-0.4, -0.2) is 34.6 Å². The van der Waals surface area contributed by atoms with Crippen molar-refractivity contribution in [3.63, 3.8) is 0 Å². The molecule has 5 nitrogen and oxygen atoms in total. The number of nitrogens with zero attached hydrogens (tertiary/aromatic N) is 1. The first-order valence-electron chi connectivity index (χ1n) is 7.60. The fraction of sp³-hybridized carbons (Fsp3) is 0.600. The Kier molecular flexibility index (Phi) is 7.71. The van der Waals surface area contributed by atoms with Crippen LogP contribution in [0.2, 0.25) is 0 Å². The third-order valence-corrected chi connectivity index (χ3v) is 4.73. The van der Waals surface area contributed by atoms with Crippen LogP contribution in [-0.2, 0) is 10.0 Å². The van der Waals surface area contributed by atoms with Crippen LogP contribution >= 0.6 is 0 Å². The first-order chi connectivity index (χ1) is 10.1. The minimum Gasteiger partial charge on any atom is -0.369 e. The first-order valence-corrected chi connectivity index (χ1v) is 9.08. The lowest BCUT2D eigenvalue weighted by molar-refractivity contribution is 0.580. The van der Waals surface area contributed by atoms with Crippen molar-refractivity contribution in [1.82, 2.24) is 4.72 Å². The summed E-state index contributed by atoms with van der Waals surface area (Å²) in [6.45, 7) is 6.47. The Balaban J connectivity index is 3.11. The van der Waals surface area contributed by atoms with E-state index in [4.69, 9.17) is 5.73 Å². The molecule has 0 spiro atoms. The van der Waals surface area contributed by atoms with Crippen molar-refractivity contribution in [1.29, 1.82) is 0 Å². The zero-order valence-corrected chi connectivity index (χ0v) is 13.8. The van der Waals surface area contributed by atoms with Crippen molar-refractivity contribution < 1.29 is 8.42 Å². The van der Waals surface area contributed by atoms with Crippen molar-refractivity contribution in [2.75, 3.05) is 31.1 Å². The molecule has 0 unspecified atom stereocenters. The van der Waals surface area contributed by atoms with Crippen LogP contribution in [0, 0.1) is 0 Å². The summed E-state index contributed by atoms with van der Waals surface area (Å²) in [5.74, 6) is 0. The Labute approximate surface area is 128 Å². The molecule has 0 aliphatic heterocycles. The fourth-order valence-corrected chi connectivity index (χ4v) is 3.48. The number of hydrogen-bond donors (Lipinski definition) is 2. The van der Waals surface area contributed by atoms with Gasteiger partial charge in [-0.15, -0.1) is 0 Å². The molecule has 1 aromatic carbocycles. The highest BCUT2D eigenvalue weighted by atomic mass is 32.2. The van der Waals surface area contributed by atoms with E-state index in [1.54, 1.807) is 12.1 Å². The molecular formula is C15H27N3O2S. The highest BCUT2D eigenvalue weighted by Gasteiger charge is 2.20. The number of para-hydroxylation sites is 1. The van der Waals surface area contributed by atoms with Gasteiger partial charge in [-0.1, -0.05) is 32.4 Å². The molecule has 1 aromatic rings. The van der Waals surface area contributed by atoms with Crippen LogP contribution in [0.5, 0.6) is 0 Å². The van der Waals surface area contributed by atoms with Crippen molar-refractivity contribution in [2.45, 2.75) is 38.0 Å². The van der Waals surface area contributed by atoms with Gasteiger partial charge in [-0.05, 0) is 25.0 Å². The van der Waals surface area contributed by atoms with Crippen LogP contribution in [0.4, 0.5) is 5.69 Å². The Morgan fingerprint density at radius 2 is 1.86 bits per heavy atom. The van der Waals surface area contributed by atoms with E-state index in [0.29, 0.717) is 24.5 Å². The van der Waals surface area contributed by atoms with Gasteiger partial charge in [0.2, 0.25) is 10.0 Å². The van der Waals surface area contributed by atoms with E-state index in [9.17, 15) is 8.42 Å². The van der Waals surface area contributed by atoms with Gasteiger partial charge >= 0.3 is 0 Å². The molecule has 0 aromatic heterocycles. The smallest absolute Gasteiger partial charge is 0.242 e. The standard InChI is InChI=1S/C15H27N3O2S/c1-3-5-12-18(13-10-16)14-8-6-7-9-15(14)21(19,20)17-11-4-2/h6-9,17H,3-5,10-13,16H2,1-2H3. The van der Waals surface area contributed by atoms with Crippen molar-refractivity contribution in [3.8, 4) is 0 Å². The molecule has 0 bridgehead atoms. The maximum Gasteiger partial charge on any atom is 0.242 e. The molecule has 0 amide bonds. The van der Waals surface area contributed by atoms with E-state index in [0.717, 1.165) is 31.5 Å². The summed E-state index contributed by atoms with van der Waals surface area (Å²) >= 11 is 0. The highest BCUT2D eigenvalue weighted by Crippen LogP contribution is 2.25. The van der Waals surface area contributed by atoms with Crippen LogP contribution in [0.15, 0.2) is 29.2 Å². The zero-order valence-electron chi connectivity index (χ0n) is 13.0. The molecule has 0 atom stereocenters. The van der Waals surface area contributed by atoms with Crippen molar-refractivity contribution in [3.05, 3.63) is 24.3 Å². The maximum atomic E-state index is 12.4. The number of sulfonamides is 1. The topological polar surface area (TPSA) is 75.4 Å². The average molecular weight is 313 g/mol. The van der Waals surface area contributed by atoms with E-state index in [1.807, 2.05) is 19.1 Å². The summed E-state index contributed by atoms with van der Waals surface area (Å²) in [4.78, 5) is 2.40. The Morgan fingerprint density at radius 3 is 2.48 bits per heavy atom. The normalized spacial score (nSPS) is 11.6. The van der Waals surface area contributed by atoms with Crippen LogP contribution in [0.1, 0.15) is 33.1 Å². The summed E-state index contributed by atoms with van der Waals surface area (Å²) in [5.41, 5.74) is 6.41. The first kappa shape index (κ1) is 17.9. The number of nitrogens with one attached hydrogen (secondary N) is 1. The van der Waals surface area contributed by atoms with Gasteiger partial charge in [-0.2, -0.15) is 0 Å². The second kappa shape index (κ2) is 9.02. The summed E-state index contributed by atoms with van der Waals surface area (Å²) in [7, 11) is -3.47. The number of unbranched alkanes of at least 4 members (excludes halogenated alkanes) is 1. The number of hydrogen-bond acceptors (Lipinski definition) is 4. The SMILES string of the molecule is CCCCN(CCN)c1ccccc1S(=O)(=O)NCCC. The molecule has 1 rings (SSSR count). The number of anilines is 1. The van der Waals surface area contributed by atoms with Crippen molar-refractivity contribution >= 4 is 15.7 Å². The van der Waals surface area contributed by atoms with E-state index < -0.39 is 10.0 Å². The van der Waals surface area contributed by atoms with Gasteiger partial charge in [0.25, 0.3) is 0 Å². The molecule has 0 heterocycles. The van der Waals surface area contributed by atoms with Gasteiger partial charge in [-0.3, -0.25) is 0 Å². The molecule has 6 heteroatoms. The number of benzene rings is 1. The number of rotatable bonds is 10. The minimum absolute atomic E-state index is 0.336. The summed E-state index contributed by atoms with van der Waals surface area (Å²) in [6.07, 6.45) is 2.84. The Hall–Kier alpha value is -1.11. The monoisotopic (exact) mass is 313 g/mol. The van der Waals surface area contributed by atoms with E-state index >= 15 is 0 Å². The summed E-state index contributed by atoms with van der Waals surface area (Å²) < 4.78 is 27.5. The molecule has 120 valence electrons. The lowest BCUT2D eigenvalue weighted by atomic mass is 10.2. The van der Waals surface area contributed by atoms with E-state index in [2.05, 4.69) is 16.5 Å². The van der Waals surface area contributed by atoms with E-state index in [-0.39, 0.29) is 0 Å². The number of nitrogens with two attached hydrogens (primary N) is 1. The average Bonchev–Trinajstić information content (AvgIpc) is 2.49. The van der Waals surface area contributed by atoms with Crippen LogP contribution in [0.3, 0.4) is 0 Å². The van der Waals surface area contributed by atoms with E-state index in [1.165, 1.54) is 0 Å². The molecule has 21 heavy (non-hydrogen) atoms. The van der Waals surface area contributed by atoms with Gasteiger partial charge in [0.15, 0.2) is 0 Å². The molecule has 0 saturated heterocycles. The lowest BCUT2D eigenvalue weighted by Crippen LogP contribution is -2.33. The van der Waals surface area contributed by atoms with Crippen LogP contribution in [0.25, 0.3) is 0 Å². The van der Waals surface area contributed by atoms with Gasteiger partial charge in [-0.25, -0.2) is 13.1 Å². The molecule has 0 aliphatic carbocycles. The predicted octanol–water partition coefficient (Wildman–Crippen LogP) is 1.94. The molecule has 0 fully saturated rings. The lowest BCUT2D eigenvalue weighted by Gasteiger charge is -2.26. The third kappa shape index (κ3) is 5.30. The quantitative estimate of drug-likeness (QED) is 0.692. The molecule has 3 N–H and O–H groups in total. The minimum atomic E-state index is -3.47. The second-order valence-corrected chi connectivity index (χ2v) is 6.73. The largest absolute Gasteiger partial charge is 0.369 e. The van der Waals surface area contributed by atoms with Crippen LogP contribution < -0.4 is 15.4 Å². The van der Waals surface area contributed by atoms with Gasteiger partial charge in [0.1, 0.15) is 4.90 Å². The molecule has 0 saturated carbocycles. The van der Waals surface area contributed by atoms with Gasteiger partial charge in [0, 0.05) is 26.2 Å². The fourth-order valence-electron chi connectivity index (χ4n) is 2.12. The van der Waals surface area contributed by atoms with Crippen molar-refractivity contribution in [2.24, 2.45) is 5.73 Å². The molecule has 0 radical (unpaired) electrons. The Bertz CT molecular complexity index is 517. The summed E-state index contributed by atoms with van der Waals surface area (Å²) in [5, 5.41) is 0. The Morgan fingerprint density at radius 1 is 1.14 bits per heavy atom. The predicted molar refractivity (Wildman–Crippen MR) is 88.1 cm³/mol. The third-order valence-electron chi connectivity index (χ3n) is 3.22. The molecular weight excluding hydrogens is 286 g/mol. The van der Waals surface area contributed by atoms with Gasteiger partial charge in [0.05, 0.1) is 5.69 Å².